The Kier molecular flexibility index (Phi) is 5.22. The molecular formula is C31H37Cl. The Hall–Kier alpha value is -2.05. The molecule has 1 aliphatic carbocycles. The smallest absolute Gasteiger partial charge is 0.0529 e. The lowest BCUT2D eigenvalue weighted by atomic mass is 9.55. The van der Waals surface area contributed by atoms with E-state index in [2.05, 4.69) is 123 Å². The summed E-state index contributed by atoms with van der Waals surface area (Å²) in [6, 6.07) is 22.4. The van der Waals surface area contributed by atoms with Gasteiger partial charge in [0.25, 0.3) is 0 Å². The minimum atomic E-state index is -0.337. The molecule has 0 saturated carbocycles. The fraction of sp³-hybridized carbons (Fsp3) is 0.419. The number of halogens is 1. The second-order valence-electron chi connectivity index (χ2n) is 12.5. The number of benzene rings is 3. The molecule has 0 aromatic heterocycles. The van der Waals surface area contributed by atoms with Crippen molar-refractivity contribution in [2.75, 3.05) is 0 Å². The Labute approximate surface area is 200 Å². The van der Waals surface area contributed by atoms with E-state index in [4.69, 9.17) is 11.6 Å². The molecule has 1 unspecified atom stereocenters. The van der Waals surface area contributed by atoms with E-state index in [1.54, 1.807) is 0 Å². The number of hydrogen-bond donors (Lipinski definition) is 0. The minimum Gasteiger partial charge on any atom is -0.0840 e. The molecule has 1 aliphatic rings. The van der Waals surface area contributed by atoms with Crippen LogP contribution in [0, 0.1) is 5.41 Å². The van der Waals surface area contributed by atoms with Gasteiger partial charge in [0.2, 0.25) is 0 Å². The highest BCUT2D eigenvalue weighted by Crippen LogP contribution is 2.64. The molecule has 0 spiro atoms. The van der Waals surface area contributed by atoms with E-state index in [1.807, 2.05) is 0 Å². The summed E-state index contributed by atoms with van der Waals surface area (Å²) in [6.07, 6.45) is 0. The lowest BCUT2D eigenvalue weighted by molar-refractivity contribution is 0.274. The van der Waals surface area contributed by atoms with Gasteiger partial charge in [0.15, 0.2) is 0 Å². The molecule has 0 aliphatic heterocycles. The number of hydrogen-bond acceptors (Lipinski definition) is 0. The minimum absolute atomic E-state index is 0.00879. The van der Waals surface area contributed by atoms with Crippen LogP contribution in [0.2, 0.25) is 5.02 Å². The van der Waals surface area contributed by atoms with E-state index in [0.29, 0.717) is 0 Å². The third-order valence-electron chi connectivity index (χ3n) is 7.20. The van der Waals surface area contributed by atoms with Crippen molar-refractivity contribution in [1.82, 2.24) is 0 Å². The molecule has 0 fully saturated rings. The van der Waals surface area contributed by atoms with E-state index in [0.717, 1.165) is 5.02 Å². The first-order valence-corrected chi connectivity index (χ1v) is 12.1. The van der Waals surface area contributed by atoms with Gasteiger partial charge in [-0.05, 0) is 61.3 Å². The maximum atomic E-state index is 7.10. The summed E-state index contributed by atoms with van der Waals surface area (Å²) in [5.41, 5.74) is 9.05. The number of rotatable bonds is 1. The molecule has 32 heavy (non-hydrogen) atoms. The summed E-state index contributed by atoms with van der Waals surface area (Å²) >= 11 is 7.10. The van der Waals surface area contributed by atoms with Gasteiger partial charge in [-0.3, -0.25) is 0 Å². The van der Waals surface area contributed by atoms with Crippen LogP contribution in [0.25, 0.3) is 11.1 Å². The Morgan fingerprint density at radius 3 is 1.78 bits per heavy atom. The van der Waals surface area contributed by atoms with Crippen LogP contribution in [0.5, 0.6) is 0 Å². The van der Waals surface area contributed by atoms with Crippen molar-refractivity contribution in [3.63, 3.8) is 0 Å². The van der Waals surface area contributed by atoms with Crippen molar-refractivity contribution in [2.24, 2.45) is 5.41 Å². The zero-order valence-corrected chi connectivity index (χ0v) is 21.9. The summed E-state index contributed by atoms with van der Waals surface area (Å²) in [4.78, 5) is 0. The van der Waals surface area contributed by atoms with Gasteiger partial charge in [0.1, 0.15) is 0 Å². The van der Waals surface area contributed by atoms with Crippen LogP contribution in [0.1, 0.15) is 90.1 Å². The Morgan fingerprint density at radius 1 is 0.625 bits per heavy atom. The molecule has 0 radical (unpaired) electrons. The van der Waals surface area contributed by atoms with E-state index in [-0.39, 0.29) is 21.7 Å². The molecule has 3 aromatic rings. The van der Waals surface area contributed by atoms with Gasteiger partial charge in [-0.1, -0.05) is 129 Å². The predicted octanol–water partition coefficient (Wildman–Crippen LogP) is 9.30. The van der Waals surface area contributed by atoms with Crippen molar-refractivity contribution in [1.29, 1.82) is 0 Å². The van der Waals surface area contributed by atoms with Gasteiger partial charge in [-0.25, -0.2) is 0 Å². The first-order chi connectivity index (χ1) is 14.7. The third kappa shape index (κ3) is 3.26. The molecule has 0 amide bonds. The van der Waals surface area contributed by atoms with Gasteiger partial charge in [0.05, 0.1) is 5.41 Å². The first-order valence-electron chi connectivity index (χ1n) is 11.7. The van der Waals surface area contributed by atoms with Crippen LogP contribution in [0.15, 0.2) is 60.7 Å². The molecule has 168 valence electrons. The van der Waals surface area contributed by atoms with E-state index in [1.165, 1.54) is 38.9 Å². The van der Waals surface area contributed by atoms with Gasteiger partial charge in [0, 0.05) is 5.02 Å². The molecule has 0 heterocycles. The van der Waals surface area contributed by atoms with E-state index < -0.39 is 0 Å². The monoisotopic (exact) mass is 444 g/mol. The Morgan fingerprint density at radius 2 is 1.25 bits per heavy atom. The molecule has 0 bridgehead atoms. The van der Waals surface area contributed by atoms with Gasteiger partial charge >= 0.3 is 0 Å². The van der Waals surface area contributed by atoms with Crippen molar-refractivity contribution in [2.45, 2.75) is 78.6 Å². The van der Waals surface area contributed by atoms with Crippen LogP contribution in [-0.4, -0.2) is 0 Å². The van der Waals surface area contributed by atoms with Crippen molar-refractivity contribution in [3.05, 3.63) is 93.5 Å². The maximum absolute atomic E-state index is 7.10. The highest BCUT2D eigenvalue weighted by molar-refractivity contribution is 6.32. The zero-order chi connectivity index (χ0) is 23.7. The predicted molar refractivity (Wildman–Crippen MR) is 140 cm³/mol. The fourth-order valence-corrected chi connectivity index (χ4v) is 6.01. The lowest BCUT2D eigenvalue weighted by Gasteiger charge is -2.47. The van der Waals surface area contributed by atoms with Crippen molar-refractivity contribution in [3.8, 4) is 11.1 Å². The third-order valence-corrected chi connectivity index (χ3v) is 7.51. The van der Waals surface area contributed by atoms with Crippen LogP contribution >= 0.6 is 11.6 Å². The van der Waals surface area contributed by atoms with Crippen LogP contribution in [0.3, 0.4) is 0 Å². The maximum Gasteiger partial charge on any atom is 0.0529 e. The quantitative estimate of drug-likeness (QED) is 0.350. The number of fused-ring (bicyclic) bond motifs is 3. The standard InChI is InChI=1S/C31H37Cl/c1-28(2,3)21-18-23-22-16-13-17-25(32)27(22)31(30(7,8)9,20-14-11-10-12-15-20)26(23)24(19-21)29(4,5)6/h10-19H,1-9H3. The summed E-state index contributed by atoms with van der Waals surface area (Å²) in [6.45, 7) is 21.1. The Bertz CT molecular complexity index is 1160. The van der Waals surface area contributed by atoms with Crippen LogP contribution in [-0.2, 0) is 16.2 Å². The van der Waals surface area contributed by atoms with Crippen molar-refractivity contribution < 1.29 is 0 Å². The van der Waals surface area contributed by atoms with Gasteiger partial charge in [-0.15, -0.1) is 0 Å². The normalized spacial score (nSPS) is 18.4. The zero-order valence-electron chi connectivity index (χ0n) is 21.2. The lowest BCUT2D eigenvalue weighted by Crippen LogP contribution is -2.42. The molecule has 0 saturated heterocycles. The molecule has 4 rings (SSSR count). The average molecular weight is 445 g/mol. The summed E-state index contributed by atoms with van der Waals surface area (Å²) < 4.78 is 0. The highest BCUT2D eigenvalue weighted by atomic mass is 35.5. The van der Waals surface area contributed by atoms with Crippen LogP contribution in [0.4, 0.5) is 0 Å². The Balaban J connectivity index is 2.31. The summed E-state index contributed by atoms with van der Waals surface area (Å²) in [7, 11) is 0. The molecular weight excluding hydrogens is 408 g/mol. The molecule has 1 heteroatoms. The first kappa shape index (κ1) is 23.1. The SMILES string of the molecule is CC(C)(C)c1cc2c(c(C(C)(C)C)c1)C(c1ccccc1)(C(C)(C)C)c1c(Cl)cccc1-2. The van der Waals surface area contributed by atoms with E-state index >= 15 is 0 Å². The fourth-order valence-electron chi connectivity index (χ4n) is 5.70. The molecule has 0 nitrogen and oxygen atoms in total. The van der Waals surface area contributed by atoms with Gasteiger partial charge < -0.3 is 0 Å². The molecule has 1 atom stereocenters. The highest BCUT2D eigenvalue weighted by Gasteiger charge is 2.55. The van der Waals surface area contributed by atoms with Crippen molar-refractivity contribution >= 4 is 11.6 Å². The summed E-state index contributed by atoms with van der Waals surface area (Å²) in [5, 5.41) is 0.856. The van der Waals surface area contributed by atoms with Crippen LogP contribution < -0.4 is 0 Å². The topological polar surface area (TPSA) is 0 Å². The summed E-state index contributed by atoms with van der Waals surface area (Å²) in [5.74, 6) is 0. The second kappa shape index (κ2) is 7.22. The van der Waals surface area contributed by atoms with Gasteiger partial charge in [-0.2, -0.15) is 0 Å². The largest absolute Gasteiger partial charge is 0.0840 e. The second-order valence-corrected chi connectivity index (χ2v) is 12.9. The average Bonchev–Trinajstić information content (AvgIpc) is 2.99. The molecule has 3 aromatic carbocycles. The molecule has 0 N–H and O–H groups in total. The van der Waals surface area contributed by atoms with E-state index in [9.17, 15) is 0 Å².